The van der Waals surface area contributed by atoms with Gasteiger partial charge in [-0.25, -0.2) is 9.97 Å². The Morgan fingerprint density at radius 2 is 1.58 bits per heavy atom. The average Bonchev–Trinajstić information content (AvgIpc) is 2.69. The number of hydrogen-bond acceptors (Lipinski definition) is 3. The molecule has 26 heavy (non-hydrogen) atoms. The highest BCUT2D eigenvalue weighted by molar-refractivity contribution is 9.10. The molecule has 3 aromatic rings. The minimum atomic E-state index is 0.712. The lowest BCUT2D eigenvalue weighted by atomic mass is 10.1. The molecule has 0 fully saturated rings. The summed E-state index contributed by atoms with van der Waals surface area (Å²) in [5.74, 6) is 0.712. The van der Waals surface area contributed by atoms with E-state index in [2.05, 4.69) is 73.6 Å². The quantitative estimate of drug-likeness (QED) is 0.525. The Kier molecular flexibility index (Phi) is 5.00. The van der Waals surface area contributed by atoms with Crippen molar-refractivity contribution in [3.05, 3.63) is 87.7 Å². The summed E-state index contributed by atoms with van der Waals surface area (Å²) in [5, 5.41) is 3.23. The van der Waals surface area contributed by atoms with Gasteiger partial charge >= 0.3 is 0 Å². The number of nitrogens with one attached hydrogen (secondary N) is 1. The highest BCUT2D eigenvalue weighted by atomic mass is 79.9. The molecular weight excluding hydrogens is 454 g/mol. The normalized spacial score (nSPS) is 13.2. The number of rotatable bonds is 3. The molecule has 128 valence electrons. The maximum Gasteiger partial charge on any atom is 0.161 e. The third-order valence-corrected chi connectivity index (χ3v) is 5.06. The maximum absolute atomic E-state index is 4.81. The number of nitrogens with zero attached hydrogens (tertiary/aromatic N) is 2. The van der Waals surface area contributed by atoms with Crippen molar-refractivity contribution in [1.29, 1.82) is 0 Å². The predicted octanol–water partition coefficient (Wildman–Crippen LogP) is 5.84. The molecule has 0 aliphatic carbocycles. The monoisotopic (exact) mass is 467 g/mol. The van der Waals surface area contributed by atoms with Gasteiger partial charge in [-0.1, -0.05) is 68.3 Å². The lowest BCUT2D eigenvalue weighted by Crippen LogP contribution is -2.10. The molecule has 0 amide bonds. The van der Waals surface area contributed by atoms with E-state index in [0.29, 0.717) is 5.82 Å². The molecular formula is C21H15Br2N3. The number of dihydropyridines is 1. The van der Waals surface area contributed by atoms with Crippen LogP contribution in [0.2, 0.25) is 0 Å². The number of allylic oxidation sites excluding steroid dienone is 2. The second-order valence-electron chi connectivity index (χ2n) is 5.89. The number of benzene rings is 2. The van der Waals surface area contributed by atoms with Crippen LogP contribution in [0.4, 0.5) is 0 Å². The van der Waals surface area contributed by atoms with Gasteiger partial charge in [0, 0.05) is 38.4 Å². The molecule has 0 unspecified atom stereocenters. The lowest BCUT2D eigenvalue weighted by molar-refractivity contribution is 0.969. The first-order valence-corrected chi connectivity index (χ1v) is 9.79. The molecule has 0 spiro atoms. The SMILES string of the molecule is Brc1ccc(-c2cc(-c3cccc(Br)c3)nc(C3=CNCC=C3)n2)cc1. The van der Waals surface area contributed by atoms with E-state index < -0.39 is 0 Å². The van der Waals surface area contributed by atoms with Crippen LogP contribution in [0.1, 0.15) is 5.82 Å². The minimum absolute atomic E-state index is 0.712. The van der Waals surface area contributed by atoms with Crippen LogP contribution >= 0.6 is 31.9 Å². The maximum atomic E-state index is 4.81. The van der Waals surface area contributed by atoms with Crippen molar-refractivity contribution < 1.29 is 0 Å². The Hall–Kier alpha value is -2.24. The molecule has 0 saturated carbocycles. The van der Waals surface area contributed by atoms with Gasteiger partial charge in [-0.3, -0.25) is 0 Å². The van der Waals surface area contributed by atoms with Gasteiger partial charge in [0.25, 0.3) is 0 Å². The average molecular weight is 469 g/mol. The van der Waals surface area contributed by atoms with Crippen LogP contribution in [0.15, 0.2) is 81.9 Å². The van der Waals surface area contributed by atoms with E-state index in [4.69, 9.17) is 9.97 Å². The van der Waals surface area contributed by atoms with E-state index in [0.717, 1.165) is 43.6 Å². The molecule has 2 heterocycles. The summed E-state index contributed by atoms with van der Waals surface area (Å²) in [7, 11) is 0. The highest BCUT2D eigenvalue weighted by Crippen LogP contribution is 2.28. The summed E-state index contributed by atoms with van der Waals surface area (Å²) in [5.41, 5.74) is 4.88. The molecule has 1 aromatic heterocycles. The molecule has 1 aliphatic heterocycles. The fourth-order valence-electron chi connectivity index (χ4n) is 2.75. The van der Waals surface area contributed by atoms with Gasteiger partial charge in [-0.05, 0) is 30.3 Å². The van der Waals surface area contributed by atoms with Gasteiger partial charge in [0.1, 0.15) is 0 Å². The van der Waals surface area contributed by atoms with Crippen LogP contribution < -0.4 is 5.32 Å². The van der Waals surface area contributed by atoms with Gasteiger partial charge < -0.3 is 5.32 Å². The zero-order valence-corrected chi connectivity index (χ0v) is 17.0. The van der Waals surface area contributed by atoms with Crippen LogP contribution in [0, 0.1) is 0 Å². The number of aromatic nitrogens is 2. The van der Waals surface area contributed by atoms with Crippen molar-refractivity contribution in [2.75, 3.05) is 6.54 Å². The lowest BCUT2D eigenvalue weighted by Gasteiger charge is -2.12. The molecule has 3 nitrogen and oxygen atoms in total. The first kappa shape index (κ1) is 17.2. The molecule has 2 aromatic carbocycles. The molecule has 1 aliphatic rings. The summed E-state index contributed by atoms with van der Waals surface area (Å²) in [4.78, 5) is 9.62. The third-order valence-electron chi connectivity index (χ3n) is 4.04. The second kappa shape index (κ2) is 7.56. The van der Waals surface area contributed by atoms with Crippen LogP contribution in [0.5, 0.6) is 0 Å². The third kappa shape index (κ3) is 3.79. The molecule has 1 N–H and O–H groups in total. The van der Waals surface area contributed by atoms with E-state index in [1.807, 2.05) is 36.5 Å². The first-order chi connectivity index (χ1) is 12.7. The number of hydrogen-bond donors (Lipinski definition) is 1. The minimum Gasteiger partial charge on any atom is -0.387 e. The Balaban J connectivity index is 1.88. The molecule has 0 bridgehead atoms. The predicted molar refractivity (Wildman–Crippen MR) is 113 cm³/mol. The van der Waals surface area contributed by atoms with Gasteiger partial charge in [0.2, 0.25) is 0 Å². The van der Waals surface area contributed by atoms with Gasteiger partial charge in [0.15, 0.2) is 5.82 Å². The topological polar surface area (TPSA) is 37.8 Å². The van der Waals surface area contributed by atoms with Crippen LogP contribution in [0.25, 0.3) is 28.1 Å². The van der Waals surface area contributed by atoms with E-state index >= 15 is 0 Å². The summed E-state index contributed by atoms with van der Waals surface area (Å²) >= 11 is 7.03. The largest absolute Gasteiger partial charge is 0.387 e. The van der Waals surface area contributed by atoms with Crippen molar-refractivity contribution in [3.63, 3.8) is 0 Å². The van der Waals surface area contributed by atoms with E-state index in [-0.39, 0.29) is 0 Å². The number of halogens is 2. The Morgan fingerprint density at radius 1 is 0.808 bits per heavy atom. The molecule has 0 atom stereocenters. The van der Waals surface area contributed by atoms with Crippen LogP contribution in [0.3, 0.4) is 0 Å². The van der Waals surface area contributed by atoms with E-state index in [1.165, 1.54) is 0 Å². The van der Waals surface area contributed by atoms with Crippen molar-refractivity contribution in [2.24, 2.45) is 0 Å². The molecule has 0 saturated heterocycles. The van der Waals surface area contributed by atoms with Crippen molar-refractivity contribution >= 4 is 37.4 Å². The standard InChI is InChI=1S/C21H15Br2N3/c22-17-8-6-14(7-9-17)19-12-20(15-3-1-5-18(23)11-15)26-21(25-19)16-4-2-10-24-13-16/h1-9,11-13,24H,10H2. The Bertz CT molecular complexity index is 1010. The molecule has 5 heteroatoms. The van der Waals surface area contributed by atoms with Crippen LogP contribution in [-0.4, -0.2) is 16.5 Å². The van der Waals surface area contributed by atoms with Crippen molar-refractivity contribution in [2.45, 2.75) is 0 Å². The van der Waals surface area contributed by atoms with E-state index in [9.17, 15) is 0 Å². The molecule has 0 radical (unpaired) electrons. The fourth-order valence-corrected chi connectivity index (χ4v) is 3.41. The first-order valence-electron chi connectivity index (χ1n) is 8.20. The Morgan fingerprint density at radius 3 is 2.27 bits per heavy atom. The highest BCUT2D eigenvalue weighted by Gasteiger charge is 2.12. The zero-order chi connectivity index (χ0) is 17.9. The molecule has 4 rings (SSSR count). The van der Waals surface area contributed by atoms with Crippen molar-refractivity contribution in [3.8, 4) is 22.5 Å². The summed E-state index contributed by atoms with van der Waals surface area (Å²) in [6.45, 7) is 0.828. The van der Waals surface area contributed by atoms with Crippen LogP contribution in [-0.2, 0) is 0 Å². The Labute approximate surface area is 169 Å². The van der Waals surface area contributed by atoms with Gasteiger partial charge in [0.05, 0.1) is 11.4 Å². The second-order valence-corrected chi connectivity index (χ2v) is 7.72. The summed E-state index contributed by atoms with van der Waals surface area (Å²) in [6, 6.07) is 18.4. The fraction of sp³-hybridized carbons (Fsp3) is 0.0476. The van der Waals surface area contributed by atoms with Crippen molar-refractivity contribution in [1.82, 2.24) is 15.3 Å². The summed E-state index contributed by atoms with van der Waals surface area (Å²) in [6.07, 6.45) is 6.09. The van der Waals surface area contributed by atoms with Gasteiger partial charge in [-0.15, -0.1) is 0 Å². The van der Waals surface area contributed by atoms with Gasteiger partial charge in [-0.2, -0.15) is 0 Å². The summed E-state index contributed by atoms with van der Waals surface area (Å²) < 4.78 is 2.07. The zero-order valence-electron chi connectivity index (χ0n) is 13.8. The van der Waals surface area contributed by atoms with E-state index in [1.54, 1.807) is 0 Å². The smallest absolute Gasteiger partial charge is 0.161 e.